The first-order valence-electron chi connectivity index (χ1n) is 11.8. The van der Waals surface area contributed by atoms with Gasteiger partial charge in [-0.1, -0.05) is 30.3 Å². The molecule has 4 aromatic rings. The van der Waals surface area contributed by atoms with E-state index in [2.05, 4.69) is 10.0 Å². The average Bonchev–Trinajstić information content (AvgIpc) is 3.13. The molecule has 13 heteroatoms. The summed E-state index contributed by atoms with van der Waals surface area (Å²) in [5, 5.41) is 2.50. The molecule has 40 heavy (non-hydrogen) atoms. The molecule has 0 fully saturated rings. The van der Waals surface area contributed by atoms with E-state index in [1.54, 1.807) is 49.0 Å². The molecule has 1 heterocycles. The van der Waals surface area contributed by atoms with Crippen molar-refractivity contribution in [2.24, 2.45) is 7.05 Å². The van der Waals surface area contributed by atoms with E-state index in [0.717, 1.165) is 6.07 Å². The normalized spacial score (nSPS) is 12.0. The molecule has 0 aliphatic heterocycles. The van der Waals surface area contributed by atoms with Crippen LogP contribution in [0, 0.1) is 18.6 Å². The highest BCUT2D eigenvalue weighted by atomic mass is 32.2. The maximum absolute atomic E-state index is 13.6. The largest absolute Gasteiger partial charge is 0.449 e. The van der Waals surface area contributed by atoms with Gasteiger partial charge in [-0.05, 0) is 56.3 Å². The molecule has 0 unspecified atom stereocenters. The van der Waals surface area contributed by atoms with Gasteiger partial charge in [-0.15, -0.1) is 0 Å². The molecule has 4 rings (SSSR count). The predicted molar refractivity (Wildman–Crippen MR) is 143 cm³/mol. The molecule has 3 aromatic carbocycles. The number of rotatable bonds is 8. The predicted octanol–water partition coefficient (Wildman–Crippen LogP) is 3.75. The number of aromatic nitrogens is 2. The van der Waals surface area contributed by atoms with Gasteiger partial charge in [0.25, 0.3) is 21.5 Å². The zero-order valence-electron chi connectivity index (χ0n) is 21.5. The van der Waals surface area contributed by atoms with Gasteiger partial charge < -0.3 is 10.1 Å². The lowest BCUT2D eigenvalue weighted by molar-refractivity contribution is -0.123. The van der Waals surface area contributed by atoms with Gasteiger partial charge in [-0.25, -0.2) is 26.7 Å². The number of amides is 1. The number of benzene rings is 3. The number of carbonyl (C=O) groups excluding carboxylic acids is 2. The fourth-order valence-electron chi connectivity index (χ4n) is 3.81. The Hall–Kier alpha value is -4.78. The molecule has 2 N–H and O–H groups in total. The number of hydrogen-bond donors (Lipinski definition) is 2. The maximum atomic E-state index is 13.6. The minimum absolute atomic E-state index is 0.000979. The topological polar surface area (TPSA) is 128 Å². The highest BCUT2D eigenvalue weighted by Crippen LogP contribution is 2.23. The Balaban J connectivity index is 1.51. The lowest BCUT2D eigenvalue weighted by atomic mass is 10.2. The second-order valence-corrected chi connectivity index (χ2v) is 10.4. The van der Waals surface area contributed by atoms with Crippen LogP contribution in [-0.4, -0.2) is 35.8 Å². The van der Waals surface area contributed by atoms with Crippen LogP contribution in [0.2, 0.25) is 0 Å². The van der Waals surface area contributed by atoms with Crippen LogP contribution < -0.4 is 15.6 Å². The van der Waals surface area contributed by atoms with Crippen molar-refractivity contribution < 1.29 is 31.5 Å². The van der Waals surface area contributed by atoms with Crippen molar-refractivity contribution >= 4 is 33.3 Å². The van der Waals surface area contributed by atoms with E-state index >= 15 is 0 Å². The van der Waals surface area contributed by atoms with Crippen LogP contribution in [0.25, 0.3) is 5.69 Å². The van der Waals surface area contributed by atoms with E-state index < -0.39 is 50.1 Å². The van der Waals surface area contributed by atoms with Gasteiger partial charge in [0.05, 0.1) is 27.5 Å². The number of anilines is 2. The first kappa shape index (κ1) is 28.2. The first-order valence-corrected chi connectivity index (χ1v) is 13.3. The lowest BCUT2D eigenvalue weighted by Crippen LogP contribution is -2.32. The highest BCUT2D eigenvalue weighted by Gasteiger charge is 2.26. The molecule has 0 spiro atoms. The van der Waals surface area contributed by atoms with Gasteiger partial charge >= 0.3 is 5.97 Å². The van der Waals surface area contributed by atoms with E-state index in [9.17, 15) is 31.6 Å². The Kier molecular flexibility index (Phi) is 7.86. The molecule has 10 nitrogen and oxygen atoms in total. The van der Waals surface area contributed by atoms with Crippen LogP contribution >= 0.6 is 0 Å². The highest BCUT2D eigenvalue weighted by molar-refractivity contribution is 7.92. The second kappa shape index (κ2) is 11.1. The minimum atomic E-state index is -4.41. The number of sulfonamides is 1. The molecule has 0 aliphatic rings. The molecule has 208 valence electrons. The molecule has 0 saturated carbocycles. The molecule has 0 saturated heterocycles. The summed E-state index contributed by atoms with van der Waals surface area (Å²) in [7, 11) is -2.76. The third-order valence-corrected chi connectivity index (χ3v) is 7.41. The van der Waals surface area contributed by atoms with Crippen LogP contribution in [0.3, 0.4) is 0 Å². The Morgan fingerprint density at radius 1 is 0.950 bits per heavy atom. The number of halogens is 2. The molecule has 0 aliphatic carbocycles. The van der Waals surface area contributed by atoms with Gasteiger partial charge in [0, 0.05) is 7.05 Å². The van der Waals surface area contributed by atoms with E-state index in [0.29, 0.717) is 23.5 Å². The Bertz CT molecular complexity index is 1770. The first-order chi connectivity index (χ1) is 18.9. The van der Waals surface area contributed by atoms with E-state index in [4.69, 9.17) is 4.74 Å². The smallest absolute Gasteiger partial charge is 0.341 e. The summed E-state index contributed by atoms with van der Waals surface area (Å²) in [6, 6.07) is 16.2. The fourth-order valence-corrected chi connectivity index (χ4v) is 4.90. The van der Waals surface area contributed by atoms with Gasteiger partial charge in [-0.3, -0.25) is 19.0 Å². The zero-order valence-corrected chi connectivity index (χ0v) is 22.3. The number of hydrogen-bond acceptors (Lipinski definition) is 6. The molecule has 0 radical (unpaired) electrons. The Labute approximate surface area is 227 Å². The average molecular weight is 571 g/mol. The summed E-state index contributed by atoms with van der Waals surface area (Å²) in [6.45, 7) is 2.93. The summed E-state index contributed by atoms with van der Waals surface area (Å²) in [6.07, 6.45) is -1.38. The van der Waals surface area contributed by atoms with Crippen molar-refractivity contribution in [1.82, 2.24) is 9.36 Å². The van der Waals surface area contributed by atoms with Crippen molar-refractivity contribution in [3.8, 4) is 5.69 Å². The number of nitrogens with one attached hydrogen (secondary N) is 2. The Morgan fingerprint density at radius 3 is 2.27 bits per heavy atom. The third-order valence-electron chi connectivity index (χ3n) is 6.05. The number of para-hydroxylation sites is 2. The number of ether oxygens (including phenoxy) is 1. The van der Waals surface area contributed by atoms with Gasteiger partial charge in [-0.2, -0.15) is 0 Å². The van der Waals surface area contributed by atoms with Crippen molar-refractivity contribution in [2.45, 2.75) is 24.8 Å². The number of esters is 1. The van der Waals surface area contributed by atoms with Crippen molar-refractivity contribution in [3.63, 3.8) is 0 Å². The molecular formula is C27H24F2N4O6S. The number of nitrogens with zero attached hydrogens (tertiary/aromatic N) is 2. The Morgan fingerprint density at radius 2 is 1.60 bits per heavy atom. The molecular weight excluding hydrogens is 546 g/mol. The van der Waals surface area contributed by atoms with Gasteiger partial charge in [0.2, 0.25) is 0 Å². The monoisotopic (exact) mass is 570 g/mol. The zero-order chi connectivity index (χ0) is 29.2. The van der Waals surface area contributed by atoms with Crippen molar-refractivity contribution in [3.05, 3.63) is 106 Å². The van der Waals surface area contributed by atoms with Crippen LogP contribution in [-0.2, 0) is 26.6 Å². The lowest BCUT2D eigenvalue weighted by Gasteiger charge is -2.16. The van der Waals surface area contributed by atoms with Gasteiger partial charge in [0.15, 0.2) is 17.7 Å². The van der Waals surface area contributed by atoms with E-state index in [1.807, 2.05) is 0 Å². The third kappa shape index (κ3) is 5.64. The summed E-state index contributed by atoms with van der Waals surface area (Å²) < 4.78 is 62.6. The fraction of sp³-hybridized carbons (Fsp3) is 0.148. The molecule has 0 bridgehead atoms. The minimum Gasteiger partial charge on any atom is -0.449 e. The van der Waals surface area contributed by atoms with Crippen molar-refractivity contribution in [2.75, 3.05) is 10.0 Å². The summed E-state index contributed by atoms with van der Waals surface area (Å²) in [4.78, 5) is 38.3. The van der Waals surface area contributed by atoms with E-state index in [-0.39, 0.29) is 16.9 Å². The summed E-state index contributed by atoms with van der Waals surface area (Å²) >= 11 is 0. The van der Waals surface area contributed by atoms with Crippen LogP contribution in [0.4, 0.5) is 20.2 Å². The SMILES string of the molecule is Cc1c(NC(=O)[C@@H](C)OC(=O)c2ccccc2NS(=O)(=O)c2ccc(F)c(F)c2)c(=O)n(-c2ccccc2)n1C. The van der Waals surface area contributed by atoms with Crippen molar-refractivity contribution in [1.29, 1.82) is 0 Å². The second-order valence-electron chi connectivity index (χ2n) is 8.70. The molecule has 1 amide bonds. The molecule has 1 aromatic heterocycles. The van der Waals surface area contributed by atoms with Crippen LogP contribution in [0.5, 0.6) is 0 Å². The van der Waals surface area contributed by atoms with E-state index in [1.165, 1.54) is 35.9 Å². The van der Waals surface area contributed by atoms with Gasteiger partial charge in [0.1, 0.15) is 5.69 Å². The standard InChI is InChI=1S/C27H24F2N4O6S/c1-16-24(26(35)33(32(16)3)18-9-5-4-6-10-18)30-25(34)17(2)39-27(36)20-11-7-8-12-23(20)31-40(37,38)19-13-14-21(28)22(29)15-19/h4-15,17,31H,1-3H3,(H,30,34)/t17-/m1/s1. The number of carbonyl (C=O) groups is 2. The van der Waals surface area contributed by atoms with Crippen LogP contribution in [0.1, 0.15) is 23.0 Å². The maximum Gasteiger partial charge on any atom is 0.341 e. The van der Waals surface area contributed by atoms with Crippen LogP contribution in [0.15, 0.2) is 82.5 Å². The summed E-state index contributed by atoms with van der Waals surface area (Å²) in [5.74, 6) is -4.42. The quantitative estimate of drug-likeness (QED) is 0.311. The molecule has 1 atom stereocenters. The summed E-state index contributed by atoms with van der Waals surface area (Å²) in [5.41, 5.74) is 0.0948.